The Hall–Kier alpha value is -3.97. The molecule has 1 aromatic carbocycles. The Kier molecular flexibility index (Phi) is 15.9. The van der Waals surface area contributed by atoms with Crippen molar-refractivity contribution >= 4 is 29.8 Å². The first kappa shape index (κ1) is 36.2. The highest BCUT2D eigenvalue weighted by Crippen LogP contribution is 2.17. The van der Waals surface area contributed by atoms with Crippen LogP contribution in [0.2, 0.25) is 0 Å². The van der Waals surface area contributed by atoms with E-state index in [4.69, 9.17) is 9.47 Å². The van der Waals surface area contributed by atoms with Gasteiger partial charge in [0, 0.05) is 37.7 Å². The maximum atomic E-state index is 13.5. The van der Waals surface area contributed by atoms with Crippen molar-refractivity contribution in [3.05, 3.63) is 48.0 Å². The summed E-state index contributed by atoms with van der Waals surface area (Å²) in [6.45, 7) is 7.91. The van der Waals surface area contributed by atoms with Gasteiger partial charge in [0.2, 0.25) is 17.7 Å². The first-order chi connectivity index (χ1) is 21.0. The second kappa shape index (κ2) is 19.3. The summed E-state index contributed by atoms with van der Waals surface area (Å²) < 4.78 is 10.2. The number of rotatable bonds is 18. The number of hydrogen-bond acceptors (Lipinski definition) is 9. The second-order valence-corrected chi connectivity index (χ2v) is 11.2. The molecule has 244 valence electrons. The second-order valence-electron chi connectivity index (χ2n) is 11.2. The third-order valence-corrected chi connectivity index (χ3v) is 6.73. The van der Waals surface area contributed by atoms with Gasteiger partial charge in [0.15, 0.2) is 0 Å². The van der Waals surface area contributed by atoms with E-state index >= 15 is 0 Å². The van der Waals surface area contributed by atoms with Crippen LogP contribution in [0.1, 0.15) is 52.5 Å². The number of hydrogen-bond donors (Lipinski definition) is 6. The van der Waals surface area contributed by atoms with Crippen LogP contribution in [0.5, 0.6) is 0 Å². The van der Waals surface area contributed by atoms with Gasteiger partial charge in [0.25, 0.3) is 0 Å². The molecule has 1 fully saturated rings. The Morgan fingerprint density at radius 1 is 1.00 bits per heavy atom. The molecular weight excluding hydrogens is 570 g/mol. The first-order valence-electron chi connectivity index (χ1n) is 15.1. The van der Waals surface area contributed by atoms with Gasteiger partial charge < -0.3 is 41.2 Å². The third kappa shape index (κ3) is 14.0. The van der Waals surface area contributed by atoms with Crippen LogP contribution in [-0.2, 0) is 35.3 Å². The summed E-state index contributed by atoms with van der Waals surface area (Å²) in [7, 11) is 0. The number of amides is 4. The molecule has 2 rings (SSSR count). The molecule has 0 aliphatic carbocycles. The van der Waals surface area contributed by atoms with Gasteiger partial charge >= 0.3 is 12.1 Å². The van der Waals surface area contributed by atoms with E-state index in [1.165, 1.54) is 12.2 Å². The van der Waals surface area contributed by atoms with Gasteiger partial charge in [-0.2, -0.15) is 0 Å². The normalized spacial score (nSPS) is 17.3. The highest BCUT2D eigenvalue weighted by Gasteiger charge is 2.31. The summed E-state index contributed by atoms with van der Waals surface area (Å²) in [6, 6.07) is 6.27. The van der Waals surface area contributed by atoms with Crippen LogP contribution in [0.3, 0.4) is 0 Å². The molecule has 0 bridgehead atoms. The van der Waals surface area contributed by atoms with E-state index in [9.17, 15) is 29.1 Å². The fourth-order valence-electron chi connectivity index (χ4n) is 4.56. The molecule has 4 amide bonds. The lowest BCUT2D eigenvalue weighted by atomic mass is 9.97. The summed E-state index contributed by atoms with van der Waals surface area (Å²) in [5.74, 6) is -2.18. The van der Waals surface area contributed by atoms with E-state index in [1.54, 1.807) is 26.0 Å². The van der Waals surface area contributed by atoms with Gasteiger partial charge in [-0.15, -0.1) is 0 Å². The van der Waals surface area contributed by atoms with Crippen molar-refractivity contribution in [3.8, 4) is 0 Å². The van der Waals surface area contributed by atoms with Crippen molar-refractivity contribution < 1.29 is 38.6 Å². The first-order valence-corrected chi connectivity index (χ1v) is 15.1. The Morgan fingerprint density at radius 3 is 2.32 bits per heavy atom. The molecule has 5 atom stereocenters. The topological polar surface area (TPSA) is 184 Å². The van der Waals surface area contributed by atoms with Gasteiger partial charge in [0.1, 0.15) is 18.7 Å². The number of nitrogens with one attached hydrogen (secondary N) is 5. The van der Waals surface area contributed by atoms with E-state index in [2.05, 4.69) is 26.6 Å². The van der Waals surface area contributed by atoms with Crippen molar-refractivity contribution in [3.63, 3.8) is 0 Å². The predicted molar refractivity (Wildman–Crippen MR) is 163 cm³/mol. The fraction of sp³-hybridized carbons (Fsp3) is 0.581. The minimum absolute atomic E-state index is 0.000216. The molecule has 13 nitrogen and oxygen atoms in total. The van der Waals surface area contributed by atoms with Crippen LogP contribution in [0.4, 0.5) is 4.79 Å². The molecule has 0 unspecified atom stereocenters. The van der Waals surface area contributed by atoms with Crippen molar-refractivity contribution in [2.24, 2.45) is 11.8 Å². The Morgan fingerprint density at radius 2 is 1.70 bits per heavy atom. The molecule has 0 radical (unpaired) electrons. The third-order valence-electron chi connectivity index (χ3n) is 6.73. The lowest BCUT2D eigenvalue weighted by Gasteiger charge is -2.26. The molecule has 0 saturated carbocycles. The number of aliphatic hydroxyl groups is 1. The standard InChI is InChI=1S/C31H47N5O8/c1-5-43-27(38)12-11-24(16-23-13-14-33-28(23)39)34-29(40)25(15-20(2)3)35-30(41)26(18-32-17-21(4)37)36-31(42)44-19-22-9-7-6-8-10-22/h6-12,20-21,23-26,32,37H,5,13-19H2,1-4H3,(H,33,39)(H,34,40)(H,35,41)(H,36,42)/b12-11+/t21-,23-,24+,25-,26-/m0/s1. The fourth-order valence-corrected chi connectivity index (χ4v) is 4.56. The van der Waals surface area contributed by atoms with Gasteiger partial charge in [-0.3, -0.25) is 14.4 Å². The quantitative estimate of drug-likeness (QED) is 0.103. The van der Waals surface area contributed by atoms with Crippen molar-refractivity contribution in [2.75, 3.05) is 26.2 Å². The zero-order valence-corrected chi connectivity index (χ0v) is 26.0. The number of carbonyl (C=O) groups excluding carboxylic acids is 5. The number of ether oxygens (including phenoxy) is 2. The molecule has 0 spiro atoms. The average molecular weight is 618 g/mol. The smallest absolute Gasteiger partial charge is 0.408 e. The lowest BCUT2D eigenvalue weighted by molar-refractivity contribution is -0.137. The maximum Gasteiger partial charge on any atom is 0.408 e. The maximum absolute atomic E-state index is 13.5. The van der Waals surface area contributed by atoms with E-state index in [0.717, 1.165) is 5.56 Å². The summed E-state index contributed by atoms with van der Waals surface area (Å²) in [6.07, 6.45) is 2.33. The van der Waals surface area contributed by atoms with Gasteiger partial charge in [-0.25, -0.2) is 9.59 Å². The van der Waals surface area contributed by atoms with Crippen LogP contribution < -0.4 is 26.6 Å². The molecule has 13 heteroatoms. The van der Waals surface area contributed by atoms with Gasteiger partial charge in [-0.05, 0) is 44.6 Å². The largest absolute Gasteiger partial charge is 0.463 e. The average Bonchev–Trinajstić information content (AvgIpc) is 3.37. The molecule has 1 aliphatic heterocycles. The lowest BCUT2D eigenvalue weighted by Crippen LogP contribution is -2.57. The monoisotopic (exact) mass is 617 g/mol. The summed E-state index contributed by atoms with van der Waals surface area (Å²) >= 11 is 0. The van der Waals surface area contributed by atoms with Crippen LogP contribution in [0.25, 0.3) is 0 Å². The van der Waals surface area contributed by atoms with Crippen LogP contribution in [0.15, 0.2) is 42.5 Å². The molecule has 44 heavy (non-hydrogen) atoms. The highest BCUT2D eigenvalue weighted by molar-refractivity contribution is 5.92. The van der Waals surface area contributed by atoms with Gasteiger partial charge in [0.05, 0.1) is 12.7 Å². The Labute approximate surface area is 258 Å². The molecule has 1 saturated heterocycles. The molecular formula is C31H47N5O8. The molecule has 0 aromatic heterocycles. The van der Waals surface area contributed by atoms with E-state index in [0.29, 0.717) is 13.0 Å². The zero-order valence-electron chi connectivity index (χ0n) is 26.0. The summed E-state index contributed by atoms with van der Waals surface area (Å²) in [5.41, 5.74) is 0.770. The Bertz CT molecular complexity index is 1110. The predicted octanol–water partition coefficient (Wildman–Crippen LogP) is 0.913. The molecule has 6 N–H and O–H groups in total. The molecule has 1 aliphatic rings. The number of aliphatic hydroxyl groups excluding tert-OH is 1. The van der Waals surface area contributed by atoms with Crippen molar-refractivity contribution in [1.82, 2.24) is 26.6 Å². The number of esters is 1. The van der Waals surface area contributed by atoms with Crippen LogP contribution in [0, 0.1) is 11.8 Å². The van der Waals surface area contributed by atoms with Crippen molar-refractivity contribution in [1.29, 1.82) is 0 Å². The zero-order chi connectivity index (χ0) is 32.5. The molecule has 1 heterocycles. The minimum atomic E-state index is -1.12. The van der Waals surface area contributed by atoms with Crippen LogP contribution >= 0.6 is 0 Å². The number of alkyl carbamates (subject to hydrolysis) is 1. The molecule has 1 aromatic rings. The number of benzene rings is 1. The summed E-state index contributed by atoms with van der Waals surface area (Å²) in [4.78, 5) is 63.7. The van der Waals surface area contributed by atoms with E-state index in [-0.39, 0.29) is 56.9 Å². The van der Waals surface area contributed by atoms with Crippen LogP contribution in [-0.4, -0.2) is 85.4 Å². The van der Waals surface area contributed by atoms with Crippen molar-refractivity contribution in [2.45, 2.75) is 77.8 Å². The van der Waals surface area contributed by atoms with E-state index in [1.807, 2.05) is 32.0 Å². The summed E-state index contributed by atoms with van der Waals surface area (Å²) in [5, 5.41) is 23.5. The minimum Gasteiger partial charge on any atom is -0.463 e. The van der Waals surface area contributed by atoms with Gasteiger partial charge in [-0.1, -0.05) is 50.3 Å². The van der Waals surface area contributed by atoms with E-state index < -0.39 is 48.1 Å². The SMILES string of the molecule is CCOC(=O)/C=C/[C@H](C[C@@H]1CCNC1=O)NC(=O)[C@H](CC(C)C)NC(=O)[C@H](CNC[C@H](C)O)NC(=O)OCc1ccccc1. The highest BCUT2D eigenvalue weighted by atomic mass is 16.5. The Balaban J connectivity index is 2.15. The number of carbonyl (C=O) groups is 5.